The third-order valence-electron chi connectivity index (χ3n) is 6.32. The average molecular weight is 378 g/mol. The van der Waals surface area contributed by atoms with E-state index in [1.54, 1.807) is 19.0 Å². The molecule has 1 amide bonds. The number of carbonyl (C=O) groups is 1. The lowest BCUT2D eigenvalue weighted by atomic mass is 9.87. The summed E-state index contributed by atoms with van der Waals surface area (Å²) < 4.78 is 0. The number of rotatable bonds is 10. The second-order valence-corrected chi connectivity index (χ2v) is 9.11. The van der Waals surface area contributed by atoms with Gasteiger partial charge in [-0.15, -0.1) is 0 Å². The third-order valence-corrected chi connectivity index (χ3v) is 6.32. The van der Waals surface area contributed by atoms with Crippen molar-refractivity contribution in [3.05, 3.63) is 23.8 Å². The predicted octanol–water partition coefficient (Wildman–Crippen LogP) is 4.08. The zero-order valence-corrected chi connectivity index (χ0v) is 17.7. The van der Waals surface area contributed by atoms with Crippen molar-refractivity contribution >= 4 is 5.91 Å². The van der Waals surface area contributed by atoms with E-state index in [1.165, 1.54) is 5.57 Å². The average Bonchev–Trinajstić information content (AvgIpc) is 3.10. The van der Waals surface area contributed by atoms with E-state index in [2.05, 4.69) is 25.2 Å². The summed E-state index contributed by atoms with van der Waals surface area (Å²) in [5.74, 6) is 1.33. The molecule has 0 radical (unpaired) electrons. The number of hydrogen-bond donors (Lipinski definition) is 2. The van der Waals surface area contributed by atoms with Gasteiger partial charge in [-0.25, -0.2) is 0 Å². The Bertz CT molecular complexity index is 550. The van der Waals surface area contributed by atoms with Gasteiger partial charge in [0, 0.05) is 26.4 Å². The molecule has 154 valence electrons. The molecule has 1 saturated carbocycles. The number of unbranched alkanes of at least 4 members (excludes halogenated alkanes) is 1. The van der Waals surface area contributed by atoms with Gasteiger partial charge in [0.05, 0.1) is 11.7 Å². The number of aliphatic hydroxyl groups is 2. The van der Waals surface area contributed by atoms with Crippen LogP contribution in [0.5, 0.6) is 0 Å². The van der Waals surface area contributed by atoms with E-state index in [-0.39, 0.29) is 17.9 Å². The number of amides is 1. The number of carbonyl (C=O) groups excluding carboxylic acids is 1. The second kappa shape index (κ2) is 9.88. The SMILES string of the molecule is CCCC[C@](C)(O)CC=C[C@@H]1[C@H]2CC(CCCC(=O)N(C)C)=C[C@H]2C[C@H]1O. The van der Waals surface area contributed by atoms with E-state index in [9.17, 15) is 15.0 Å². The van der Waals surface area contributed by atoms with Gasteiger partial charge < -0.3 is 15.1 Å². The standard InChI is InChI=1S/C23H39NO3/c1-5-6-12-23(2,27)13-8-10-19-20-15-17(14-18(20)16-21(19)25)9-7-11-22(26)24(3)4/h8,10,14,18-21,25,27H,5-7,9,11-13,15-16H2,1-4H3/t18-,19+,20-,21+,23-/m0/s1. The summed E-state index contributed by atoms with van der Waals surface area (Å²) in [6, 6.07) is 0. The Kier molecular flexibility index (Phi) is 8.11. The Morgan fingerprint density at radius 1 is 1.37 bits per heavy atom. The molecule has 4 heteroatoms. The number of nitrogens with zero attached hydrogens (tertiary/aromatic N) is 1. The van der Waals surface area contributed by atoms with Crippen molar-refractivity contribution in [2.45, 2.75) is 83.3 Å². The highest BCUT2D eigenvalue weighted by Crippen LogP contribution is 2.48. The molecule has 2 N–H and O–H groups in total. The lowest BCUT2D eigenvalue weighted by molar-refractivity contribution is -0.128. The first kappa shape index (κ1) is 22.2. The second-order valence-electron chi connectivity index (χ2n) is 9.11. The minimum Gasteiger partial charge on any atom is -0.392 e. The Hall–Kier alpha value is -1.13. The zero-order chi connectivity index (χ0) is 20.0. The van der Waals surface area contributed by atoms with E-state index in [1.807, 2.05) is 6.92 Å². The van der Waals surface area contributed by atoms with Crippen LogP contribution >= 0.6 is 0 Å². The molecule has 0 bridgehead atoms. The Morgan fingerprint density at radius 2 is 2.11 bits per heavy atom. The summed E-state index contributed by atoms with van der Waals surface area (Å²) in [5.41, 5.74) is 0.810. The molecule has 2 aliphatic rings. The van der Waals surface area contributed by atoms with E-state index in [0.29, 0.717) is 24.7 Å². The van der Waals surface area contributed by atoms with Gasteiger partial charge in [-0.1, -0.05) is 43.6 Å². The molecule has 0 aromatic rings. The summed E-state index contributed by atoms with van der Waals surface area (Å²) in [7, 11) is 3.61. The number of hydrogen-bond acceptors (Lipinski definition) is 3. The fraction of sp³-hybridized carbons (Fsp3) is 0.783. The van der Waals surface area contributed by atoms with Gasteiger partial charge in [0.25, 0.3) is 0 Å². The maximum Gasteiger partial charge on any atom is 0.222 e. The fourth-order valence-electron chi connectivity index (χ4n) is 4.62. The van der Waals surface area contributed by atoms with Crippen LogP contribution in [0, 0.1) is 17.8 Å². The molecule has 0 unspecified atom stereocenters. The molecule has 5 atom stereocenters. The first-order valence-electron chi connectivity index (χ1n) is 10.7. The maximum absolute atomic E-state index is 11.7. The molecule has 0 aromatic heterocycles. The molecule has 0 aliphatic heterocycles. The smallest absolute Gasteiger partial charge is 0.222 e. The van der Waals surface area contributed by atoms with Gasteiger partial charge in [0.1, 0.15) is 0 Å². The molecule has 0 heterocycles. The molecule has 0 saturated heterocycles. The molecular weight excluding hydrogens is 338 g/mol. The highest BCUT2D eigenvalue weighted by molar-refractivity contribution is 5.75. The number of aliphatic hydroxyl groups excluding tert-OH is 1. The minimum atomic E-state index is -0.645. The lowest BCUT2D eigenvalue weighted by Gasteiger charge is -2.22. The van der Waals surface area contributed by atoms with Crippen molar-refractivity contribution < 1.29 is 15.0 Å². The predicted molar refractivity (Wildman–Crippen MR) is 110 cm³/mol. The molecule has 0 aromatic carbocycles. The van der Waals surface area contributed by atoms with E-state index in [0.717, 1.165) is 44.9 Å². The summed E-state index contributed by atoms with van der Waals surface area (Å²) in [6.45, 7) is 4.05. The fourth-order valence-corrected chi connectivity index (χ4v) is 4.62. The van der Waals surface area contributed by atoms with Gasteiger partial charge in [-0.3, -0.25) is 4.79 Å². The molecule has 1 fully saturated rings. The molecule has 0 spiro atoms. The first-order chi connectivity index (χ1) is 12.7. The largest absolute Gasteiger partial charge is 0.392 e. The van der Waals surface area contributed by atoms with Crippen LogP contribution in [0.4, 0.5) is 0 Å². The summed E-state index contributed by atoms with van der Waals surface area (Å²) >= 11 is 0. The van der Waals surface area contributed by atoms with Crippen LogP contribution in [0.3, 0.4) is 0 Å². The van der Waals surface area contributed by atoms with Crippen molar-refractivity contribution in [2.24, 2.45) is 17.8 Å². The Labute approximate surface area is 165 Å². The van der Waals surface area contributed by atoms with Crippen molar-refractivity contribution in [1.29, 1.82) is 0 Å². The number of allylic oxidation sites excluding steroid dienone is 2. The maximum atomic E-state index is 11.7. The normalized spacial score (nSPS) is 29.6. The molecular formula is C23H39NO3. The third kappa shape index (κ3) is 6.46. The topological polar surface area (TPSA) is 60.8 Å². The van der Waals surface area contributed by atoms with Crippen LogP contribution in [0.2, 0.25) is 0 Å². The van der Waals surface area contributed by atoms with E-state index < -0.39 is 5.60 Å². The van der Waals surface area contributed by atoms with Gasteiger partial charge in [0.2, 0.25) is 5.91 Å². The number of fused-ring (bicyclic) bond motifs is 1. The molecule has 2 aliphatic carbocycles. The summed E-state index contributed by atoms with van der Waals surface area (Å²) in [5, 5.41) is 20.9. The molecule has 27 heavy (non-hydrogen) atoms. The quantitative estimate of drug-likeness (QED) is 0.564. The first-order valence-corrected chi connectivity index (χ1v) is 10.7. The van der Waals surface area contributed by atoms with Gasteiger partial charge >= 0.3 is 0 Å². The van der Waals surface area contributed by atoms with Gasteiger partial charge in [-0.2, -0.15) is 0 Å². The van der Waals surface area contributed by atoms with Crippen molar-refractivity contribution in [3.63, 3.8) is 0 Å². The van der Waals surface area contributed by atoms with Gasteiger partial charge in [-0.05, 0) is 57.3 Å². The monoisotopic (exact) mass is 377 g/mol. The zero-order valence-electron chi connectivity index (χ0n) is 17.7. The highest BCUT2D eigenvalue weighted by atomic mass is 16.3. The Morgan fingerprint density at radius 3 is 2.78 bits per heavy atom. The summed E-state index contributed by atoms with van der Waals surface area (Å²) in [6.07, 6.45) is 14.3. The lowest BCUT2D eigenvalue weighted by Crippen LogP contribution is -2.23. The van der Waals surface area contributed by atoms with Crippen molar-refractivity contribution in [3.8, 4) is 0 Å². The van der Waals surface area contributed by atoms with E-state index in [4.69, 9.17) is 0 Å². The Balaban J connectivity index is 1.82. The van der Waals surface area contributed by atoms with Crippen LogP contribution in [0.15, 0.2) is 23.8 Å². The van der Waals surface area contributed by atoms with Crippen molar-refractivity contribution in [2.75, 3.05) is 14.1 Å². The van der Waals surface area contributed by atoms with Crippen molar-refractivity contribution in [1.82, 2.24) is 4.90 Å². The summed E-state index contributed by atoms with van der Waals surface area (Å²) in [4.78, 5) is 13.4. The molecule has 4 nitrogen and oxygen atoms in total. The molecule has 2 rings (SSSR count). The van der Waals surface area contributed by atoms with Gasteiger partial charge in [0.15, 0.2) is 0 Å². The highest BCUT2D eigenvalue weighted by Gasteiger charge is 2.43. The minimum absolute atomic E-state index is 0.189. The van der Waals surface area contributed by atoms with Crippen LogP contribution in [-0.2, 0) is 4.79 Å². The van der Waals surface area contributed by atoms with Crippen LogP contribution in [0.1, 0.15) is 71.6 Å². The van der Waals surface area contributed by atoms with E-state index >= 15 is 0 Å². The van der Waals surface area contributed by atoms with Crippen LogP contribution < -0.4 is 0 Å². The van der Waals surface area contributed by atoms with Crippen LogP contribution in [-0.4, -0.2) is 46.8 Å². The van der Waals surface area contributed by atoms with Crippen LogP contribution in [0.25, 0.3) is 0 Å².